The van der Waals surface area contributed by atoms with Gasteiger partial charge in [-0.15, -0.1) is 0 Å². The number of aromatic hydroxyl groups is 1. The Morgan fingerprint density at radius 3 is 2.62 bits per heavy atom. The maximum atomic E-state index is 14.0. The standard InChI is InChI=1S/C26H29FN4O3/c1-16(2)12-25(33)29-19-10-11-24(32)20(13-19)22-14-23(17-7-5-8-17)31(30-22)26(34)28-15-18-6-3-4-9-21(18)27/h3-4,6,9-11,13-14,16-17,32H,5,7-8,12,15H2,1-2H3,(H,28,34)(H,29,33). The average molecular weight is 465 g/mol. The van der Waals surface area contributed by atoms with Crippen molar-refractivity contribution in [2.45, 2.75) is 52.0 Å². The van der Waals surface area contributed by atoms with Gasteiger partial charge in [0.1, 0.15) is 11.6 Å². The lowest BCUT2D eigenvalue weighted by Crippen LogP contribution is -2.31. The highest BCUT2D eigenvalue weighted by Gasteiger charge is 2.27. The molecule has 1 heterocycles. The number of carbonyl (C=O) groups excluding carboxylic acids is 2. The number of nitrogens with one attached hydrogen (secondary N) is 2. The Hall–Kier alpha value is -3.68. The molecule has 4 rings (SSSR count). The van der Waals surface area contributed by atoms with Gasteiger partial charge >= 0.3 is 6.03 Å². The lowest BCUT2D eigenvalue weighted by molar-refractivity contribution is -0.116. The number of anilines is 1. The van der Waals surface area contributed by atoms with Crippen LogP contribution in [0.2, 0.25) is 0 Å². The quantitative estimate of drug-likeness (QED) is 0.408. The summed E-state index contributed by atoms with van der Waals surface area (Å²) in [6.45, 7) is 3.97. The predicted molar refractivity (Wildman–Crippen MR) is 128 cm³/mol. The second-order valence-electron chi connectivity index (χ2n) is 9.12. The average Bonchev–Trinajstić information content (AvgIpc) is 3.17. The van der Waals surface area contributed by atoms with Gasteiger partial charge in [0.05, 0.1) is 11.4 Å². The molecule has 2 amide bonds. The Labute approximate surface area is 198 Å². The lowest BCUT2D eigenvalue weighted by atomic mass is 9.82. The van der Waals surface area contributed by atoms with Gasteiger partial charge in [0.15, 0.2) is 0 Å². The van der Waals surface area contributed by atoms with Gasteiger partial charge in [0.25, 0.3) is 0 Å². The molecule has 3 N–H and O–H groups in total. The first-order valence-electron chi connectivity index (χ1n) is 11.6. The molecular weight excluding hydrogens is 435 g/mol. The minimum atomic E-state index is -0.461. The number of halogens is 1. The van der Waals surface area contributed by atoms with Gasteiger partial charge in [-0.2, -0.15) is 9.78 Å². The summed E-state index contributed by atoms with van der Waals surface area (Å²) < 4.78 is 15.3. The third-order valence-corrected chi connectivity index (χ3v) is 5.99. The van der Waals surface area contributed by atoms with Crippen LogP contribution in [0.15, 0.2) is 48.5 Å². The number of rotatable bonds is 7. The molecule has 8 heteroatoms. The van der Waals surface area contributed by atoms with Crippen LogP contribution in [0, 0.1) is 11.7 Å². The zero-order valence-corrected chi connectivity index (χ0v) is 19.3. The maximum Gasteiger partial charge on any atom is 0.342 e. The molecule has 0 saturated heterocycles. The second kappa shape index (κ2) is 10.1. The fourth-order valence-corrected chi connectivity index (χ4v) is 3.97. The van der Waals surface area contributed by atoms with Crippen molar-refractivity contribution in [2.75, 3.05) is 5.32 Å². The van der Waals surface area contributed by atoms with Crippen LogP contribution in [0.25, 0.3) is 11.3 Å². The molecule has 0 bridgehead atoms. The van der Waals surface area contributed by atoms with E-state index >= 15 is 0 Å². The van der Waals surface area contributed by atoms with E-state index in [1.165, 1.54) is 16.8 Å². The summed E-state index contributed by atoms with van der Waals surface area (Å²) in [6, 6.07) is 12.4. The van der Waals surface area contributed by atoms with Crippen LogP contribution in [-0.2, 0) is 11.3 Å². The van der Waals surface area contributed by atoms with E-state index in [-0.39, 0.29) is 35.9 Å². The van der Waals surface area contributed by atoms with Crippen molar-refractivity contribution < 1.29 is 19.1 Å². The first-order chi connectivity index (χ1) is 16.3. The van der Waals surface area contributed by atoms with Crippen LogP contribution >= 0.6 is 0 Å². The highest BCUT2D eigenvalue weighted by Crippen LogP contribution is 2.39. The fourth-order valence-electron chi connectivity index (χ4n) is 3.97. The van der Waals surface area contributed by atoms with Gasteiger partial charge in [-0.1, -0.05) is 38.5 Å². The van der Waals surface area contributed by atoms with Crippen molar-refractivity contribution in [3.05, 3.63) is 65.6 Å². The number of benzene rings is 2. The van der Waals surface area contributed by atoms with E-state index in [1.807, 2.05) is 13.8 Å². The van der Waals surface area contributed by atoms with Crippen molar-refractivity contribution in [3.8, 4) is 17.0 Å². The number of aromatic nitrogens is 2. The molecule has 1 aliphatic carbocycles. The van der Waals surface area contributed by atoms with Crippen molar-refractivity contribution in [1.29, 1.82) is 0 Å². The predicted octanol–water partition coefficient (Wildman–Crippen LogP) is 5.40. The monoisotopic (exact) mass is 464 g/mol. The summed E-state index contributed by atoms with van der Waals surface area (Å²) in [7, 11) is 0. The third kappa shape index (κ3) is 5.27. The topological polar surface area (TPSA) is 96.2 Å². The number of hydrogen-bond acceptors (Lipinski definition) is 4. The van der Waals surface area contributed by atoms with E-state index in [0.717, 1.165) is 25.0 Å². The molecule has 1 saturated carbocycles. The van der Waals surface area contributed by atoms with Gasteiger partial charge in [-0.3, -0.25) is 4.79 Å². The molecule has 0 atom stereocenters. The van der Waals surface area contributed by atoms with Crippen molar-refractivity contribution in [1.82, 2.24) is 15.1 Å². The summed E-state index contributed by atoms with van der Waals surface area (Å²) >= 11 is 0. The van der Waals surface area contributed by atoms with E-state index in [4.69, 9.17) is 0 Å². The van der Waals surface area contributed by atoms with Crippen molar-refractivity contribution in [2.24, 2.45) is 5.92 Å². The SMILES string of the molecule is CC(C)CC(=O)Nc1ccc(O)c(-c2cc(C3CCC3)n(C(=O)NCc3ccccc3F)n2)c1. The molecule has 34 heavy (non-hydrogen) atoms. The molecule has 1 aromatic heterocycles. The molecule has 3 aromatic rings. The molecule has 0 radical (unpaired) electrons. The largest absolute Gasteiger partial charge is 0.507 e. The Kier molecular flexibility index (Phi) is 6.95. The van der Waals surface area contributed by atoms with Crippen LogP contribution in [0.5, 0.6) is 5.75 Å². The van der Waals surface area contributed by atoms with E-state index < -0.39 is 6.03 Å². The molecular formula is C26H29FN4O3. The molecule has 0 aliphatic heterocycles. The summed E-state index contributed by atoms with van der Waals surface area (Å²) in [5, 5.41) is 20.6. The van der Waals surface area contributed by atoms with Gasteiger partial charge in [0.2, 0.25) is 5.91 Å². The van der Waals surface area contributed by atoms with Crippen LogP contribution in [0.1, 0.15) is 56.7 Å². The summed E-state index contributed by atoms with van der Waals surface area (Å²) in [4.78, 5) is 25.2. The minimum Gasteiger partial charge on any atom is -0.507 e. The van der Waals surface area contributed by atoms with Gasteiger partial charge < -0.3 is 15.7 Å². The van der Waals surface area contributed by atoms with Crippen molar-refractivity contribution in [3.63, 3.8) is 0 Å². The smallest absolute Gasteiger partial charge is 0.342 e. The van der Waals surface area contributed by atoms with Crippen molar-refractivity contribution >= 4 is 17.6 Å². The molecule has 7 nitrogen and oxygen atoms in total. The Balaban J connectivity index is 1.60. The highest BCUT2D eigenvalue weighted by molar-refractivity contribution is 5.92. The minimum absolute atomic E-state index is 0.00145. The van der Waals surface area contributed by atoms with Crippen LogP contribution < -0.4 is 10.6 Å². The molecule has 1 fully saturated rings. The molecule has 2 aromatic carbocycles. The van der Waals surface area contributed by atoms with Gasteiger partial charge in [-0.25, -0.2) is 9.18 Å². The first-order valence-corrected chi connectivity index (χ1v) is 11.6. The van der Waals surface area contributed by atoms with Crippen LogP contribution in [0.3, 0.4) is 0 Å². The Morgan fingerprint density at radius 2 is 1.94 bits per heavy atom. The number of nitrogens with zero attached hydrogens (tertiary/aromatic N) is 2. The summed E-state index contributed by atoms with van der Waals surface area (Å²) in [5.74, 6) is -0.0839. The molecule has 178 valence electrons. The zero-order valence-electron chi connectivity index (χ0n) is 19.3. The lowest BCUT2D eigenvalue weighted by Gasteiger charge is -2.25. The second-order valence-corrected chi connectivity index (χ2v) is 9.12. The summed E-state index contributed by atoms with van der Waals surface area (Å²) in [5.41, 5.74) is 2.53. The zero-order chi connectivity index (χ0) is 24.2. The van der Waals surface area contributed by atoms with E-state index in [9.17, 15) is 19.1 Å². The molecule has 1 aliphatic rings. The number of phenols is 1. The third-order valence-electron chi connectivity index (χ3n) is 5.99. The highest BCUT2D eigenvalue weighted by atomic mass is 19.1. The number of phenolic OH excluding ortho intramolecular Hbond substituents is 1. The number of amides is 2. The number of hydrogen-bond donors (Lipinski definition) is 3. The first kappa shape index (κ1) is 23.5. The van der Waals surface area contributed by atoms with Gasteiger partial charge in [0, 0.05) is 35.7 Å². The number of carbonyl (C=O) groups is 2. The van der Waals surface area contributed by atoms with Crippen LogP contribution in [0.4, 0.5) is 14.9 Å². The van der Waals surface area contributed by atoms with E-state index in [1.54, 1.807) is 36.4 Å². The van der Waals surface area contributed by atoms with Crippen LogP contribution in [-0.4, -0.2) is 26.8 Å². The summed E-state index contributed by atoms with van der Waals surface area (Å²) in [6.07, 6.45) is 3.36. The molecule has 0 spiro atoms. The Morgan fingerprint density at radius 1 is 1.18 bits per heavy atom. The molecule has 0 unspecified atom stereocenters. The normalized spacial score (nSPS) is 13.5. The Bertz CT molecular complexity index is 1200. The fraction of sp³-hybridized carbons (Fsp3) is 0.346. The van der Waals surface area contributed by atoms with E-state index in [2.05, 4.69) is 15.7 Å². The van der Waals surface area contributed by atoms with Gasteiger partial charge in [-0.05, 0) is 49.1 Å². The van der Waals surface area contributed by atoms with E-state index in [0.29, 0.717) is 28.9 Å². The maximum absolute atomic E-state index is 14.0.